The van der Waals surface area contributed by atoms with Crippen LogP contribution in [0.5, 0.6) is 5.75 Å². The van der Waals surface area contributed by atoms with E-state index < -0.39 is 0 Å². The van der Waals surface area contributed by atoms with E-state index in [9.17, 15) is 4.79 Å². The zero-order chi connectivity index (χ0) is 13.3. The molecule has 2 N–H and O–H groups in total. The number of ether oxygens (including phenoxy) is 1. The van der Waals surface area contributed by atoms with Gasteiger partial charge in [0.05, 0.1) is 12.7 Å². The highest BCUT2D eigenvalue weighted by atomic mass is 16.5. The first-order valence-electron chi connectivity index (χ1n) is 6.50. The van der Waals surface area contributed by atoms with Crippen molar-refractivity contribution in [2.45, 2.75) is 38.6 Å². The Hall–Kier alpha value is -1.35. The van der Waals surface area contributed by atoms with Crippen LogP contribution in [0.15, 0.2) is 18.2 Å². The van der Waals surface area contributed by atoms with Gasteiger partial charge in [-0.2, -0.15) is 0 Å². The van der Waals surface area contributed by atoms with Crippen LogP contribution in [0.25, 0.3) is 0 Å². The van der Waals surface area contributed by atoms with Crippen molar-refractivity contribution in [3.8, 4) is 5.75 Å². The van der Waals surface area contributed by atoms with E-state index in [0.29, 0.717) is 17.2 Å². The molecular weight excluding hydrogens is 226 g/mol. The van der Waals surface area contributed by atoms with Crippen LogP contribution in [-0.4, -0.2) is 18.9 Å². The fourth-order valence-electron chi connectivity index (χ4n) is 2.37. The van der Waals surface area contributed by atoms with Gasteiger partial charge in [-0.15, -0.1) is 0 Å². The van der Waals surface area contributed by atoms with Gasteiger partial charge < -0.3 is 10.5 Å². The SMILES string of the molecule is COc1ccc(C(C)C)cc1C(=O)C1CC(N)C1. The van der Waals surface area contributed by atoms with Crippen LogP contribution in [0.2, 0.25) is 0 Å². The Morgan fingerprint density at radius 2 is 2.06 bits per heavy atom. The van der Waals surface area contributed by atoms with Crippen LogP contribution < -0.4 is 10.5 Å². The lowest BCUT2D eigenvalue weighted by molar-refractivity contribution is 0.0829. The van der Waals surface area contributed by atoms with Crippen LogP contribution in [-0.2, 0) is 0 Å². The molecule has 0 radical (unpaired) electrons. The Morgan fingerprint density at radius 3 is 2.56 bits per heavy atom. The Bertz CT molecular complexity index is 448. The van der Waals surface area contributed by atoms with Gasteiger partial charge in [0.25, 0.3) is 0 Å². The van der Waals surface area contributed by atoms with E-state index in [2.05, 4.69) is 13.8 Å². The van der Waals surface area contributed by atoms with Crippen molar-refractivity contribution in [1.29, 1.82) is 0 Å². The molecule has 0 aliphatic heterocycles. The third-order valence-electron chi connectivity index (χ3n) is 3.70. The van der Waals surface area contributed by atoms with Crippen LogP contribution in [0, 0.1) is 5.92 Å². The fourth-order valence-corrected chi connectivity index (χ4v) is 2.37. The largest absolute Gasteiger partial charge is 0.496 e. The molecule has 0 saturated heterocycles. The molecule has 0 unspecified atom stereocenters. The average Bonchev–Trinajstić information content (AvgIpc) is 2.33. The lowest BCUT2D eigenvalue weighted by Crippen LogP contribution is -2.40. The summed E-state index contributed by atoms with van der Waals surface area (Å²) < 4.78 is 5.29. The Balaban J connectivity index is 2.29. The Labute approximate surface area is 108 Å². The molecule has 1 saturated carbocycles. The van der Waals surface area contributed by atoms with Crippen molar-refractivity contribution < 1.29 is 9.53 Å². The molecule has 1 aromatic rings. The van der Waals surface area contributed by atoms with Gasteiger partial charge in [-0.3, -0.25) is 4.79 Å². The van der Waals surface area contributed by atoms with E-state index >= 15 is 0 Å². The van der Waals surface area contributed by atoms with Crippen molar-refractivity contribution in [2.24, 2.45) is 11.7 Å². The van der Waals surface area contributed by atoms with Gasteiger partial charge in [0, 0.05) is 12.0 Å². The molecule has 1 aliphatic rings. The number of ketones is 1. The highest BCUT2D eigenvalue weighted by Gasteiger charge is 2.33. The predicted molar refractivity (Wildman–Crippen MR) is 72.1 cm³/mol. The maximum absolute atomic E-state index is 12.4. The third kappa shape index (κ3) is 2.41. The first-order valence-corrected chi connectivity index (χ1v) is 6.50. The summed E-state index contributed by atoms with van der Waals surface area (Å²) >= 11 is 0. The van der Waals surface area contributed by atoms with Gasteiger partial charge in [0.15, 0.2) is 5.78 Å². The zero-order valence-corrected chi connectivity index (χ0v) is 11.3. The molecule has 0 heterocycles. The molecule has 3 nitrogen and oxygen atoms in total. The van der Waals surface area contributed by atoms with Crippen molar-refractivity contribution in [3.05, 3.63) is 29.3 Å². The van der Waals surface area contributed by atoms with E-state index in [-0.39, 0.29) is 17.7 Å². The predicted octanol–water partition coefficient (Wildman–Crippen LogP) is 2.74. The van der Waals surface area contributed by atoms with E-state index in [1.165, 1.54) is 5.56 Å². The summed E-state index contributed by atoms with van der Waals surface area (Å²) in [6.07, 6.45) is 1.60. The second-order valence-electron chi connectivity index (χ2n) is 5.41. The summed E-state index contributed by atoms with van der Waals surface area (Å²) in [7, 11) is 1.60. The minimum Gasteiger partial charge on any atom is -0.496 e. The molecule has 98 valence electrons. The minimum atomic E-state index is 0.0799. The number of hydrogen-bond acceptors (Lipinski definition) is 3. The van der Waals surface area contributed by atoms with Crippen molar-refractivity contribution in [1.82, 2.24) is 0 Å². The van der Waals surface area contributed by atoms with E-state index in [1.807, 2.05) is 18.2 Å². The maximum Gasteiger partial charge on any atom is 0.169 e. The highest BCUT2D eigenvalue weighted by Crippen LogP contribution is 2.33. The van der Waals surface area contributed by atoms with Crippen LogP contribution in [0.4, 0.5) is 0 Å². The Morgan fingerprint density at radius 1 is 1.39 bits per heavy atom. The number of hydrogen-bond donors (Lipinski definition) is 1. The second-order valence-corrected chi connectivity index (χ2v) is 5.41. The fraction of sp³-hybridized carbons (Fsp3) is 0.533. The average molecular weight is 247 g/mol. The molecule has 1 aromatic carbocycles. The summed E-state index contributed by atoms with van der Waals surface area (Å²) in [5.41, 5.74) is 7.63. The molecule has 0 atom stereocenters. The van der Waals surface area contributed by atoms with Gasteiger partial charge in [-0.1, -0.05) is 19.9 Å². The molecule has 0 bridgehead atoms. The molecule has 3 heteroatoms. The van der Waals surface area contributed by atoms with Gasteiger partial charge in [0.2, 0.25) is 0 Å². The number of rotatable bonds is 4. The highest BCUT2D eigenvalue weighted by molar-refractivity contribution is 6.01. The summed E-state index contributed by atoms with van der Waals surface area (Å²) in [5, 5.41) is 0. The van der Waals surface area contributed by atoms with Crippen LogP contribution in [0.1, 0.15) is 48.5 Å². The van der Waals surface area contributed by atoms with E-state index in [4.69, 9.17) is 10.5 Å². The zero-order valence-electron chi connectivity index (χ0n) is 11.3. The maximum atomic E-state index is 12.4. The van der Waals surface area contributed by atoms with Gasteiger partial charge in [0.1, 0.15) is 5.75 Å². The standard InChI is InChI=1S/C15H21NO2/c1-9(2)10-4-5-14(18-3)13(8-10)15(17)11-6-12(16)7-11/h4-5,8-9,11-12H,6-7,16H2,1-3H3. The number of benzene rings is 1. The lowest BCUT2D eigenvalue weighted by Gasteiger charge is -2.31. The molecule has 18 heavy (non-hydrogen) atoms. The molecular formula is C15H21NO2. The summed E-state index contributed by atoms with van der Waals surface area (Å²) in [6, 6.07) is 6.07. The summed E-state index contributed by atoms with van der Waals surface area (Å²) in [6.45, 7) is 4.24. The van der Waals surface area contributed by atoms with Crippen molar-refractivity contribution in [2.75, 3.05) is 7.11 Å². The van der Waals surface area contributed by atoms with Crippen LogP contribution in [0.3, 0.4) is 0 Å². The minimum absolute atomic E-state index is 0.0799. The quantitative estimate of drug-likeness (QED) is 0.832. The smallest absolute Gasteiger partial charge is 0.169 e. The van der Waals surface area contributed by atoms with E-state index in [1.54, 1.807) is 7.11 Å². The first-order chi connectivity index (χ1) is 8.52. The lowest BCUT2D eigenvalue weighted by atomic mass is 9.76. The summed E-state index contributed by atoms with van der Waals surface area (Å²) in [4.78, 5) is 12.4. The van der Waals surface area contributed by atoms with Crippen molar-refractivity contribution >= 4 is 5.78 Å². The molecule has 2 rings (SSSR count). The normalized spacial score (nSPS) is 22.7. The Kier molecular flexibility index (Phi) is 3.71. The topological polar surface area (TPSA) is 52.3 Å². The number of carbonyl (C=O) groups excluding carboxylic acids is 1. The molecule has 0 amide bonds. The molecule has 0 aromatic heterocycles. The molecule has 1 fully saturated rings. The second kappa shape index (κ2) is 5.11. The van der Waals surface area contributed by atoms with Gasteiger partial charge in [-0.05, 0) is 36.5 Å². The number of nitrogens with two attached hydrogens (primary N) is 1. The van der Waals surface area contributed by atoms with Crippen molar-refractivity contribution in [3.63, 3.8) is 0 Å². The monoisotopic (exact) mass is 247 g/mol. The van der Waals surface area contributed by atoms with Crippen LogP contribution >= 0.6 is 0 Å². The summed E-state index contributed by atoms with van der Waals surface area (Å²) in [5.74, 6) is 1.34. The van der Waals surface area contributed by atoms with Gasteiger partial charge >= 0.3 is 0 Å². The number of carbonyl (C=O) groups is 1. The molecule has 1 aliphatic carbocycles. The molecule has 0 spiro atoms. The number of methoxy groups -OCH3 is 1. The first kappa shape index (κ1) is 13.1. The third-order valence-corrected chi connectivity index (χ3v) is 3.70. The van der Waals surface area contributed by atoms with Gasteiger partial charge in [-0.25, -0.2) is 0 Å². The number of Topliss-reactive ketones (excluding diaryl/α,β-unsaturated/α-hetero) is 1. The van der Waals surface area contributed by atoms with E-state index in [0.717, 1.165) is 12.8 Å².